The van der Waals surface area contributed by atoms with Crippen molar-refractivity contribution in [1.29, 1.82) is 0 Å². The zero-order valence-corrected chi connectivity index (χ0v) is 15.8. The van der Waals surface area contributed by atoms with Gasteiger partial charge in [-0.15, -0.1) is 0 Å². The molecule has 0 bridgehead atoms. The van der Waals surface area contributed by atoms with Gasteiger partial charge in [0.2, 0.25) is 0 Å². The van der Waals surface area contributed by atoms with Crippen LogP contribution in [0.1, 0.15) is 118 Å². The van der Waals surface area contributed by atoms with E-state index in [1.165, 1.54) is 83.5 Å². The first-order valence-corrected chi connectivity index (χ1v) is 9.83. The van der Waals surface area contributed by atoms with Crippen LogP contribution in [0.2, 0.25) is 0 Å². The van der Waals surface area contributed by atoms with Crippen molar-refractivity contribution in [3.05, 3.63) is 0 Å². The molecule has 21 heavy (non-hydrogen) atoms. The first kappa shape index (κ1) is 21.0. The predicted octanol–water partition coefficient (Wildman–Crippen LogP) is 6.85. The highest BCUT2D eigenvalue weighted by atomic mass is 15.0. The molecule has 0 aliphatic carbocycles. The molecule has 0 amide bonds. The van der Waals surface area contributed by atoms with E-state index in [2.05, 4.69) is 39.9 Å². The molecule has 0 radical (unpaired) electrons. The van der Waals surface area contributed by atoms with Gasteiger partial charge < -0.3 is 5.32 Å². The van der Waals surface area contributed by atoms with Gasteiger partial charge in [0.1, 0.15) is 0 Å². The lowest BCUT2D eigenvalue weighted by atomic mass is 9.93. The van der Waals surface area contributed by atoms with E-state index in [0.717, 1.165) is 0 Å². The minimum atomic E-state index is 0.316. The zero-order valence-electron chi connectivity index (χ0n) is 15.8. The smallest absolute Gasteiger partial charge is 0.0127 e. The second kappa shape index (κ2) is 13.6. The van der Waals surface area contributed by atoms with Crippen molar-refractivity contribution in [2.24, 2.45) is 0 Å². The summed E-state index contributed by atoms with van der Waals surface area (Å²) < 4.78 is 0. The lowest BCUT2D eigenvalue weighted by Crippen LogP contribution is -2.45. The van der Waals surface area contributed by atoms with Crippen LogP contribution in [0.5, 0.6) is 0 Å². The van der Waals surface area contributed by atoms with Crippen LogP contribution in [0.25, 0.3) is 0 Å². The van der Waals surface area contributed by atoms with Crippen LogP contribution < -0.4 is 5.32 Å². The first-order chi connectivity index (χ1) is 10.1. The maximum absolute atomic E-state index is 3.87. The highest BCUT2D eigenvalue weighted by Crippen LogP contribution is 2.18. The minimum absolute atomic E-state index is 0.316. The Kier molecular flexibility index (Phi) is 13.6. The van der Waals surface area contributed by atoms with Crippen LogP contribution in [0.15, 0.2) is 0 Å². The zero-order chi connectivity index (χ0) is 16.0. The van der Waals surface area contributed by atoms with Gasteiger partial charge in [-0.3, -0.25) is 0 Å². The standard InChI is InChI=1S/C20H43N/c1-6-9-10-11-12-13-14-15-16-18-20(4,5)21-19(8-3)17-7-2/h19,21H,6-18H2,1-5H3. The summed E-state index contributed by atoms with van der Waals surface area (Å²) in [5.41, 5.74) is 0.316. The Morgan fingerprint density at radius 2 is 1.24 bits per heavy atom. The molecule has 1 unspecified atom stereocenters. The van der Waals surface area contributed by atoms with Crippen molar-refractivity contribution in [1.82, 2.24) is 5.32 Å². The van der Waals surface area contributed by atoms with E-state index in [0.29, 0.717) is 11.6 Å². The molecule has 128 valence electrons. The molecule has 0 saturated carbocycles. The Labute approximate surface area is 135 Å². The predicted molar refractivity (Wildman–Crippen MR) is 98.0 cm³/mol. The van der Waals surface area contributed by atoms with Crippen molar-refractivity contribution in [3.63, 3.8) is 0 Å². The van der Waals surface area contributed by atoms with E-state index < -0.39 is 0 Å². The number of nitrogens with one attached hydrogen (secondary N) is 1. The maximum Gasteiger partial charge on any atom is 0.0127 e. The van der Waals surface area contributed by atoms with Crippen LogP contribution in [0.4, 0.5) is 0 Å². The monoisotopic (exact) mass is 297 g/mol. The third-order valence-electron chi connectivity index (χ3n) is 4.63. The summed E-state index contributed by atoms with van der Waals surface area (Å²) in [5.74, 6) is 0. The Hall–Kier alpha value is -0.0400. The topological polar surface area (TPSA) is 12.0 Å². The second-order valence-corrected chi connectivity index (χ2v) is 7.50. The molecule has 0 aliphatic heterocycles. The molecule has 1 heteroatoms. The molecule has 0 spiro atoms. The molecule has 1 atom stereocenters. The average Bonchev–Trinajstić information content (AvgIpc) is 2.44. The Balaban J connectivity index is 3.56. The second-order valence-electron chi connectivity index (χ2n) is 7.50. The van der Waals surface area contributed by atoms with Crippen molar-refractivity contribution in [2.75, 3.05) is 0 Å². The Morgan fingerprint density at radius 1 is 0.714 bits per heavy atom. The fraction of sp³-hybridized carbons (Fsp3) is 1.00. The van der Waals surface area contributed by atoms with Crippen LogP contribution >= 0.6 is 0 Å². The van der Waals surface area contributed by atoms with Crippen LogP contribution in [0.3, 0.4) is 0 Å². The van der Waals surface area contributed by atoms with Gasteiger partial charge in [-0.1, -0.05) is 85.0 Å². The molecule has 0 aliphatic rings. The van der Waals surface area contributed by atoms with Gasteiger partial charge in [0.25, 0.3) is 0 Å². The highest BCUT2D eigenvalue weighted by Gasteiger charge is 2.20. The summed E-state index contributed by atoms with van der Waals surface area (Å²) in [7, 11) is 0. The number of rotatable bonds is 15. The van der Waals surface area contributed by atoms with Crippen LogP contribution in [-0.4, -0.2) is 11.6 Å². The fourth-order valence-corrected chi connectivity index (χ4v) is 3.23. The van der Waals surface area contributed by atoms with E-state index >= 15 is 0 Å². The number of unbranched alkanes of at least 4 members (excludes halogenated alkanes) is 8. The SMILES string of the molecule is CCCCCCCCCCCC(C)(C)NC(CC)CCC. The lowest BCUT2D eigenvalue weighted by molar-refractivity contribution is 0.289. The van der Waals surface area contributed by atoms with Crippen molar-refractivity contribution in [2.45, 2.75) is 130 Å². The molecule has 0 saturated heterocycles. The van der Waals surface area contributed by atoms with Gasteiger partial charge in [-0.2, -0.15) is 0 Å². The highest BCUT2D eigenvalue weighted by molar-refractivity contribution is 4.81. The number of hydrogen-bond donors (Lipinski definition) is 1. The lowest BCUT2D eigenvalue weighted by Gasteiger charge is -2.31. The molecule has 0 rings (SSSR count). The summed E-state index contributed by atoms with van der Waals surface area (Å²) in [6.45, 7) is 11.7. The normalized spacial score (nSPS) is 13.6. The number of hydrogen-bond acceptors (Lipinski definition) is 1. The van der Waals surface area contributed by atoms with Crippen molar-refractivity contribution in [3.8, 4) is 0 Å². The third kappa shape index (κ3) is 13.4. The summed E-state index contributed by atoms with van der Waals surface area (Å²) >= 11 is 0. The van der Waals surface area contributed by atoms with E-state index in [-0.39, 0.29) is 0 Å². The summed E-state index contributed by atoms with van der Waals surface area (Å²) in [6, 6.07) is 0.712. The Morgan fingerprint density at radius 3 is 1.71 bits per heavy atom. The minimum Gasteiger partial charge on any atom is -0.309 e. The average molecular weight is 298 g/mol. The van der Waals surface area contributed by atoms with E-state index in [1.807, 2.05) is 0 Å². The molecular weight excluding hydrogens is 254 g/mol. The molecule has 1 N–H and O–H groups in total. The molecule has 0 heterocycles. The largest absolute Gasteiger partial charge is 0.309 e. The van der Waals surface area contributed by atoms with Gasteiger partial charge in [0.05, 0.1) is 0 Å². The van der Waals surface area contributed by atoms with Crippen LogP contribution in [0, 0.1) is 0 Å². The fourth-order valence-electron chi connectivity index (χ4n) is 3.23. The third-order valence-corrected chi connectivity index (χ3v) is 4.63. The van der Waals surface area contributed by atoms with Gasteiger partial charge in [0.15, 0.2) is 0 Å². The van der Waals surface area contributed by atoms with E-state index in [1.54, 1.807) is 0 Å². The maximum atomic E-state index is 3.87. The van der Waals surface area contributed by atoms with E-state index in [9.17, 15) is 0 Å². The van der Waals surface area contributed by atoms with Crippen molar-refractivity contribution >= 4 is 0 Å². The van der Waals surface area contributed by atoms with Crippen LogP contribution in [-0.2, 0) is 0 Å². The molecule has 1 nitrogen and oxygen atoms in total. The molecule has 0 fully saturated rings. The van der Waals surface area contributed by atoms with Gasteiger partial charge in [0, 0.05) is 11.6 Å². The van der Waals surface area contributed by atoms with E-state index in [4.69, 9.17) is 0 Å². The summed E-state index contributed by atoms with van der Waals surface area (Å²) in [4.78, 5) is 0. The quantitative estimate of drug-likeness (QED) is 0.326. The van der Waals surface area contributed by atoms with Gasteiger partial charge in [-0.25, -0.2) is 0 Å². The summed E-state index contributed by atoms with van der Waals surface area (Å²) in [5, 5.41) is 3.87. The molecule has 0 aromatic rings. The molecule has 0 aromatic heterocycles. The van der Waals surface area contributed by atoms with Crippen molar-refractivity contribution < 1.29 is 0 Å². The summed E-state index contributed by atoms with van der Waals surface area (Å²) in [6.07, 6.45) is 18.0. The molecule has 0 aromatic carbocycles. The van der Waals surface area contributed by atoms with Gasteiger partial charge >= 0.3 is 0 Å². The first-order valence-electron chi connectivity index (χ1n) is 9.83. The molecular formula is C20H43N. The van der Waals surface area contributed by atoms with Gasteiger partial charge in [-0.05, 0) is 33.1 Å². The Bertz CT molecular complexity index is 210.